The van der Waals surface area contributed by atoms with E-state index < -0.39 is 55.0 Å². The van der Waals surface area contributed by atoms with E-state index in [0.29, 0.717) is 35.2 Å². The molecule has 1 aliphatic carbocycles. The highest BCUT2D eigenvalue weighted by molar-refractivity contribution is 6.74. The maximum absolute atomic E-state index is 16.8. The van der Waals surface area contributed by atoms with Gasteiger partial charge in [0.05, 0.1) is 11.8 Å². The highest BCUT2D eigenvalue weighted by Crippen LogP contribution is 2.49. The van der Waals surface area contributed by atoms with Crippen molar-refractivity contribution in [2.24, 2.45) is 0 Å². The molecule has 40 heavy (non-hydrogen) atoms. The van der Waals surface area contributed by atoms with Crippen LogP contribution in [0.1, 0.15) is 99.3 Å². The second kappa shape index (κ2) is 11.0. The first-order valence-electron chi connectivity index (χ1n) is 13.8. The molecule has 8 heteroatoms. The molecule has 1 heterocycles. The largest absolute Gasteiger partial charge is 0.410 e. The standard InChI is InChI=1S/C32H38F5NOSi/c1-17(2)31-27(29(36)21-16-22(34)18(3)28(35)30(21)37)25(19-12-14-20(33)15-13-19)26-23(38-31)10-9-11-24(26)39-40(7,8)32(4,5)6/h12-17,24,29H,9-11H2,1-8H3. The third-order valence-corrected chi connectivity index (χ3v) is 12.9. The van der Waals surface area contributed by atoms with Gasteiger partial charge in [0.25, 0.3) is 0 Å². The number of benzene rings is 2. The summed E-state index contributed by atoms with van der Waals surface area (Å²) >= 11 is 0. The van der Waals surface area contributed by atoms with Crippen molar-refractivity contribution in [2.75, 3.05) is 0 Å². The second-order valence-corrected chi connectivity index (χ2v) is 17.4. The van der Waals surface area contributed by atoms with Crippen LogP contribution in [0.5, 0.6) is 0 Å². The molecule has 0 N–H and O–H groups in total. The minimum absolute atomic E-state index is 0.0349. The van der Waals surface area contributed by atoms with Crippen LogP contribution >= 0.6 is 0 Å². The number of aryl methyl sites for hydroxylation is 1. The Hall–Kier alpha value is -2.58. The Balaban J connectivity index is 2.08. The van der Waals surface area contributed by atoms with Crippen LogP contribution in [0.3, 0.4) is 0 Å². The minimum Gasteiger partial charge on any atom is -0.410 e. The molecule has 0 saturated heterocycles. The van der Waals surface area contributed by atoms with Crippen LogP contribution in [0.25, 0.3) is 11.1 Å². The van der Waals surface area contributed by atoms with Gasteiger partial charge in [-0.25, -0.2) is 22.0 Å². The summed E-state index contributed by atoms with van der Waals surface area (Å²) in [6, 6.07) is 6.39. The Bertz CT molecular complexity index is 1410. The van der Waals surface area contributed by atoms with Crippen molar-refractivity contribution >= 4 is 8.32 Å². The zero-order valence-electron chi connectivity index (χ0n) is 24.5. The summed E-state index contributed by atoms with van der Waals surface area (Å²) < 4.78 is 82.1. The second-order valence-electron chi connectivity index (χ2n) is 12.6. The molecule has 1 aromatic heterocycles. The summed E-state index contributed by atoms with van der Waals surface area (Å²) in [7, 11) is -2.31. The van der Waals surface area contributed by atoms with Gasteiger partial charge in [0.2, 0.25) is 0 Å². The van der Waals surface area contributed by atoms with E-state index in [-0.39, 0.29) is 16.5 Å². The van der Waals surface area contributed by atoms with Gasteiger partial charge in [-0.2, -0.15) is 0 Å². The molecule has 2 aromatic carbocycles. The van der Waals surface area contributed by atoms with E-state index >= 15 is 8.78 Å². The van der Waals surface area contributed by atoms with Crippen molar-refractivity contribution in [3.8, 4) is 11.1 Å². The van der Waals surface area contributed by atoms with Gasteiger partial charge in [-0.3, -0.25) is 4.98 Å². The number of hydrogen-bond donors (Lipinski definition) is 0. The van der Waals surface area contributed by atoms with E-state index in [1.165, 1.54) is 12.1 Å². The number of rotatable bonds is 6. The lowest BCUT2D eigenvalue weighted by atomic mass is 9.80. The van der Waals surface area contributed by atoms with Crippen LogP contribution < -0.4 is 0 Å². The van der Waals surface area contributed by atoms with Gasteiger partial charge in [0, 0.05) is 27.9 Å². The fourth-order valence-electron chi connectivity index (χ4n) is 5.14. The fourth-order valence-corrected chi connectivity index (χ4v) is 6.44. The van der Waals surface area contributed by atoms with Gasteiger partial charge >= 0.3 is 0 Å². The average Bonchev–Trinajstić information content (AvgIpc) is 2.88. The predicted molar refractivity (Wildman–Crippen MR) is 152 cm³/mol. The minimum atomic E-state index is -2.31. The molecule has 0 aliphatic heterocycles. The number of halogens is 5. The van der Waals surface area contributed by atoms with E-state index in [0.717, 1.165) is 25.1 Å². The van der Waals surface area contributed by atoms with Gasteiger partial charge < -0.3 is 4.43 Å². The van der Waals surface area contributed by atoms with Crippen LogP contribution in [0, 0.1) is 30.2 Å². The van der Waals surface area contributed by atoms with Crippen molar-refractivity contribution in [3.05, 3.63) is 87.2 Å². The van der Waals surface area contributed by atoms with Crippen molar-refractivity contribution in [1.82, 2.24) is 4.98 Å². The molecule has 0 amide bonds. The summed E-state index contributed by atoms with van der Waals surface area (Å²) in [5, 5.41) is -0.0997. The molecule has 2 nitrogen and oxygen atoms in total. The normalized spacial score (nSPS) is 16.8. The molecule has 216 valence electrons. The molecule has 0 radical (unpaired) electrons. The molecule has 0 spiro atoms. The van der Waals surface area contributed by atoms with Gasteiger partial charge in [0.15, 0.2) is 26.1 Å². The highest BCUT2D eigenvalue weighted by atomic mass is 28.4. The summed E-state index contributed by atoms with van der Waals surface area (Å²) in [6.07, 6.45) is -0.508. The average molecular weight is 576 g/mol. The van der Waals surface area contributed by atoms with Gasteiger partial charge in [-0.05, 0) is 79.6 Å². The van der Waals surface area contributed by atoms with Crippen molar-refractivity contribution in [2.45, 2.75) is 97.1 Å². The van der Waals surface area contributed by atoms with E-state index in [4.69, 9.17) is 9.41 Å². The molecule has 2 unspecified atom stereocenters. The number of aromatic nitrogens is 1. The first kappa shape index (κ1) is 30.4. The maximum atomic E-state index is 16.8. The van der Waals surface area contributed by atoms with Crippen LogP contribution in [0.2, 0.25) is 18.1 Å². The smallest absolute Gasteiger partial charge is 0.192 e. The Labute approximate surface area is 235 Å². The Morgan fingerprint density at radius 1 is 1.00 bits per heavy atom. The quantitative estimate of drug-likeness (QED) is 0.166. The predicted octanol–water partition coefficient (Wildman–Crippen LogP) is 10.2. The molecular weight excluding hydrogens is 537 g/mol. The molecule has 2 atom stereocenters. The van der Waals surface area contributed by atoms with Crippen molar-refractivity contribution in [1.29, 1.82) is 0 Å². The first-order chi connectivity index (χ1) is 18.5. The zero-order chi connectivity index (χ0) is 29.7. The van der Waals surface area contributed by atoms with Crippen molar-refractivity contribution in [3.63, 3.8) is 0 Å². The lowest BCUT2D eigenvalue weighted by Crippen LogP contribution is -2.42. The van der Waals surface area contributed by atoms with Gasteiger partial charge in [-0.1, -0.05) is 46.8 Å². The molecule has 0 bridgehead atoms. The molecule has 0 fully saturated rings. The number of pyridine rings is 1. The van der Waals surface area contributed by atoms with E-state index in [1.807, 2.05) is 13.8 Å². The van der Waals surface area contributed by atoms with E-state index in [2.05, 4.69) is 33.9 Å². The van der Waals surface area contributed by atoms with Gasteiger partial charge in [0.1, 0.15) is 11.6 Å². The van der Waals surface area contributed by atoms with Crippen molar-refractivity contribution < 1.29 is 26.4 Å². The summed E-state index contributed by atoms with van der Waals surface area (Å²) in [6.45, 7) is 15.5. The lowest BCUT2D eigenvalue weighted by molar-refractivity contribution is 0.162. The maximum Gasteiger partial charge on any atom is 0.192 e. The topological polar surface area (TPSA) is 22.1 Å². The summed E-state index contributed by atoms with van der Waals surface area (Å²) in [4.78, 5) is 4.91. The Morgan fingerprint density at radius 3 is 2.20 bits per heavy atom. The fraction of sp³-hybridized carbons (Fsp3) is 0.469. The molecular formula is C32H38F5NOSi. The monoisotopic (exact) mass is 575 g/mol. The molecule has 0 saturated carbocycles. The number of nitrogens with zero attached hydrogens (tertiary/aromatic N) is 1. The molecule has 4 rings (SSSR count). The number of hydrogen-bond acceptors (Lipinski definition) is 2. The van der Waals surface area contributed by atoms with E-state index in [1.54, 1.807) is 12.1 Å². The Morgan fingerprint density at radius 2 is 1.62 bits per heavy atom. The Kier molecular flexibility index (Phi) is 8.36. The van der Waals surface area contributed by atoms with Crippen LogP contribution in [0.15, 0.2) is 30.3 Å². The zero-order valence-corrected chi connectivity index (χ0v) is 25.5. The van der Waals surface area contributed by atoms with E-state index in [9.17, 15) is 13.2 Å². The third-order valence-electron chi connectivity index (χ3n) is 8.45. The highest BCUT2D eigenvalue weighted by Gasteiger charge is 2.42. The molecule has 3 aromatic rings. The lowest BCUT2D eigenvalue weighted by Gasteiger charge is -2.42. The number of fused-ring (bicyclic) bond motifs is 1. The number of alkyl halides is 1. The van der Waals surface area contributed by atoms with Crippen LogP contribution in [-0.4, -0.2) is 13.3 Å². The van der Waals surface area contributed by atoms with Gasteiger partial charge in [-0.15, -0.1) is 0 Å². The summed E-state index contributed by atoms with van der Waals surface area (Å²) in [5.74, 6) is -4.63. The third kappa shape index (κ3) is 5.49. The van der Waals surface area contributed by atoms with Crippen LogP contribution in [-0.2, 0) is 10.8 Å². The SMILES string of the molecule is Cc1c(F)cc(C(F)c2c(C(C)C)nc3c(c2-c2ccc(F)cc2)C(O[Si](C)(C)C(C)(C)C)CCC3)c(F)c1F. The summed E-state index contributed by atoms with van der Waals surface area (Å²) in [5.41, 5.74) is 1.57. The first-order valence-corrected chi connectivity index (χ1v) is 16.7. The van der Waals surface area contributed by atoms with Crippen LogP contribution in [0.4, 0.5) is 22.0 Å². The molecule has 1 aliphatic rings.